The van der Waals surface area contributed by atoms with Gasteiger partial charge < -0.3 is 30.7 Å². The van der Waals surface area contributed by atoms with Crippen LogP contribution in [0.3, 0.4) is 0 Å². The van der Waals surface area contributed by atoms with E-state index in [-0.39, 0.29) is 49.6 Å². The van der Waals surface area contributed by atoms with E-state index in [1.807, 2.05) is 100 Å². The van der Waals surface area contributed by atoms with E-state index in [9.17, 15) is 24.3 Å². The second-order valence-electron chi connectivity index (χ2n) is 18.8. The maximum atomic E-state index is 14.1. The Morgan fingerprint density at radius 3 is 2.32 bits per heavy atom. The third-order valence-corrected chi connectivity index (χ3v) is 14.9. The van der Waals surface area contributed by atoms with Gasteiger partial charge in [0.25, 0.3) is 0 Å². The fraction of sp³-hybridized carbons (Fsp3) is 0.480. The highest BCUT2D eigenvalue weighted by Gasteiger charge is 2.45. The van der Waals surface area contributed by atoms with E-state index >= 15 is 0 Å². The van der Waals surface area contributed by atoms with Crippen molar-refractivity contribution in [2.75, 3.05) is 26.3 Å². The number of halogens is 1. The number of thiophene rings is 1. The Morgan fingerprint density at radius 2 is 1.63 bits per heavy atom. The molecule has 0 saturated carbocycles. The summed E-state index contributed by atoms with van der Waals surface area (Å²) in [4.78, 5) is 67.6. The summed E-state index contributed by atoms with van der Waals surface area (Å²) in [6.07, 6.45) is 1.28. The minimum atomic E-state index is -0.910. The molecule has 68 heavy (non-hydrogen) atoms. The number of hydrogen-bond acceptors (Lipinski definition) is 12. The van der Waals surface area contributed by atoms with Crippen LogP contribution in [0, 0.1) is 33.1 Å². The smallest absolute Gasteiger partial charge is 0.246 e. The Kier molecular flexibility index (Phi) is 16.3. The van der Waals surface area contributed by atoms with Crippen molar-refractivity contribution < 1.29 is 29.0 Å². The topological polar surface area (TPSA) is 193 Å². The Bertz CT molecular complexity index is 2630. The molecule has 4 amide bonds. The number of carbonyl (C=O) groups excluding carboxylic acids is 4. The van der Waals surface area contributed by atoms with Crippen molar-refractivity contribution in [3.63, 3.8) is 0 Å². The number of likely N-dealkylation sites (tertiary alicyclic amines) is 1. The van der Waals surface area contributed by atoms with Crippen molar-refractivity contribution in [3.05, 3.63) is 104 Å². The molecule has 0 spiro atoms. The predicted molar refractivity (Wildman–Crippen MR) is 267 cm³/mol. The first-order chi connectivity index (χ1) is 32.4. The first-order valence-electron chi connectivity index (χ1n) is 23.2. The number of aliphatic imine (C=N–C) groups is 1. The number of nitrogens with one attached hydrogen (secondary N) is 3. The lowest BCUT2D eigenvalue weighted by atomic mass is 9.85. The fourth-order valence-corrected chi connectivity index (χ4v) is 10.8. The van der Waals surface area contributed by atoms with Gasteiger partial charge >= 0.3 is 0 Å². The number of aliphatic hydroxyl groups excluding tert-OH is 1. The first-order valence-corrected chi connectivity index (χ1v) is 25.3. The molecule has 18 heteroatoms. The third-order valence-electron chi connectivity index (χ3n) is 12.5. The van der Waals surface area contributed by atoms with Crippen LogP contribution in [0.4, 0.5) is 0 Å². The van der Waals surface area contributed by atoms with Gasteiger partial charge in [-0.15, -0.1) is 32.9 Å². The molecule has 1 saturated heterocycles. The Labute approximate surface area is 411 Å². The van der Waals surface area contributed by atoms with Gasteiger partial charge in [0.1, 0.15) is 29.0 Å². The molecular formula is C50H62ClN9O6S2. The summed E-state index contributed by atoms with van der Waals surface area (Å²) in [5, 5.41) is 30.1. The molecule has 5 heterocycles. The predicted octanol–water partition coefficient (Wildman–Crippen LogP) is 7.68. The van der Waals surface area contributed by atoms with Gasteiger partial charge in [-0.2, -0.15) is 0 Å². The summed E-state index contributed by atoms with van der Waals surface area (Å²) in [5.74, 6) is 0.148. The number of β-amino-alcohol motifs (C(OH)–C–C–N with tert-alkyl or cyclic N) is 1. The maximum absolute atomic E-state index is 14.1. The van der Waals surface area contributed by atoms with Crippen LogP contribution in [0.1, 0.15) is 123 Å². The van der Waals surface area contributed by atoms with Crippen LogP contribution in [0.15, 0.2) is 59.0 Å². The summed E-state index contributed by atoms with van der Waals surface area (Å²) in [7, 11) is 0. The lowest BCUT2D eigenvalue weighted by molar-refractivity contribution is -0.144. The zero-order valence-electron chi connectivity index (χ0n) is 40.0. The summed E-state index contributed by atoms with van der Waals surface area (Å²) in [6, 6.07) is 12.8. The largest absolute Gasteiger partial charge is 0.391 e. The standard InChI is InChI=1S/C50H62ClN9O6S2/c1-28-31(4)68-49-42(28)43(34-17-19-36(51)20-18-34)55-38(46-58-57-32(5)60(46)49)25-41(63)52-21-11-23-66-22-10-9-12-40(62)56-45(50(6,7)8)48(65)59-26-37(61)24-39(59)47(64)54-29(2)33-13-15-35(16-14-33)44-30(3)53-27-67-44/h13-20,27,29,37-39,45,61H,9-12,21-26H2,1-8H3,(H,52,63)(H,54,64)(H,56,62)/t29-,37+,38?,39-,45+/m0/s1. The van der Waals surface area contributed by atoms with Gasteiger partial charge in [0, 0.05) is 60.2 Å². The fourth-order valence-electron chi connectivity index (χ4n) is 8.62. The number of thiazole rings is 1. The van der Waals surface area contributed by atoms with E-state index in [4.69, 9.17) is 21.3 Å². The molecule has 0 bridgehead atoms. The van der Waals surface area contributed by atoms with Crippen molar-refractivity contribution >= 4 is 63.6 Å². The van der Waals surface area contributed by atoms with Gasteiger partial charge in [0.05, 0.1) is 40.4 Å². The molecule has 15 nitrogen and oxygen atoms in total. The van der Waals surface area contributed by atoms with Crippen LogP contribution >= 0.6 is 34.3 Å². The van der Waals surface area contributed by atoms with Crippen LogP contribution in [-0.4, -0.2) is 104 Å². The third kappa shape index (κ3) is 11.7. The number of carbonyl (C=O) groups is 4. The van der Waals surface area contributed by atoms with E-state index in [0.717, 1.165) is 54.9 Å². The summed E-state index contributed by atoms with van der Waals surface area (Å²) in [6.45, 7) is 16.8. The molecule has 5 atom stereocenters. The van der Waals surface area contributed by atoms with Crippen molar-refractivity contribution in [2.24, 2.45) is 10.4 Å². The molecule has 0 radical (unpaired) electrons. The van der Waals surface area contributed by atoms with Crippen molar-refractivity contribution in [3.8, 4) is 15.4 Å². The van der Waals surface area contributed by atoms with Crippen LogP contribution in [-0.2, 0) is 23.9 Å². The summed E-state index contributed by atoms with van der Waals surface area (Å²) in [5.41, 5.74) is 7.90. The van der Waals surface area contributed by atoms with Crippen LogP contribution in [0.2, 0.25) is 5.02 Å². The van der Waals surface area contributed by atoms with E-state index in [0.29, 0.717) is 49.9 Å². The molecule has 2 aromatic carbocycles. The lowest BCUT2D eigenvalue weighted by Crippen LogP contribution is -2.57. The second kappa shape index (κ2) is 22.0. The van der Waals surface area contributed by atoms with Gasteiger partial charge in [-0.05, 0) is 88.1 Å². The minimum absolute atomic E-state index is 0.00159. The number of aromatic nitrogens is 4. The van der Waals surface area contributed by atoms with E-state index in [1.54, 1.807) is 22.7 Å². The first kappa shape index (κ1) is 50.5. The van der Waals surface area contributed by atoms with E-state index < -0.39 is 35.6 Å². The lowest BCUT2D eigenvalue weighted by Gasteiger charge is -2.35. The zero-order valence-corrected chi connectivity index (χ0v) is 42.4. The highest BCUT2D eigenvalue weighted by molar-refractivity contribution is 7.15. The highest BCUT2D eigenvalue weighted by Crippen LogP contribution is 2.40. The van der Waals surface area contributed by atoms with E-state index in [1.165, 1.54) is 9.78 Å². The maximum Gasteiger partial charge on any atom is 0.246 e. The number of ether oxygens (including phenoxy) is 1. The Balaban J connectivity index is 0.840. The SMILES string of the molecule is Cc1ncsc1-c1ccc([C@H](C)NC(=O)[C@@H]2C[C@@H](O)CN2C(=O)[C@@H](NC(=O)CCCCOCCCNC(=O)CC2N=C(c3ccc(Cl)cc3)c3c(sc(C)c3C)-n3c(C)nnc32)C(C)(C)C)cc1. The highest BCUT2D eigenvalue weighted by atomic mass is 35.5. The molecule has 362 valence electrons. The van der Waals surface area contributed by atoms with Gasteiger partial charge in [0.15, 0.2) is 5.82 Å². The molecule has 1 unspecified atom stereocenters. The molecule has 2 aliphatic rings. The molecule has 7 rings (SSSR count). The normalized spacial score (nSPS) is 17.7. The van der Waals surface area contributed by atoms with Gasteiger partial charge in [-0.1, -0.05) is 68.8 Å². The molecule has 1 fully saturated rings. The monoisotopic (exact) mass is 983 g/mol. The van der Waals surface area contributed by atoms with Gasteiger partial charge in [-0.3, -0.25) is 28.7 Å². The van der Waals surface area contributed by atoms with Crippen molar-refractivity contribution in [1.29, 1.82) is 0 Å². The number of aryl methyl sites for hydroxylation is 3. The average Bonchev–Trinajstić information content (AvgIpc) is 4.07. The Hall–Kier alpha value is -5.33. The zero-order chi connectivity index (χ0) is 48.9. The Morgan fingerprint density at radius 1 is 0.926 bits per heavy atom. The molecule has 0 aliphatic carbocycles. The van der Waals surface area contributed by atoms with Crippen molar-refractivity contribution in [2.45, 2.75) is 124 Å². The summed E-state index contributed by atoms with van der Waals surface area (Å²) < 4.78 is 7.86. The van der Waals surface area contributed by atoms with Crippen LogP contribution < -0.4 is 16.0 Å². The second-order valence-corrected chi connectivity index (χ2v) is 21.3. The molecule has 3 aromatic heterocycles. The van der Waals surface area contributed by atoms with Crippen LogP contribution in [0.25, 0.3) is 15.4 Å². The molecule has 5 aromatic rings. The molecular weight excluding hydrogens is 922 g/mol. The number of nitrogens with zero attached hydrogens (tertiary/aromatic N) is 6. The number of benzene rings is 2. The molecule has 2 aliphatic heterocycles. The van der Waals surface area contributed by atoms with E-state index in [2.05, 4.69) is 45.0 Å². The minimum Gasteiger partial charge on any atom is -0.391 e. The molecule has 4 N–H and O–H groups in total. The number of unbranched alkanes of at least 4 members (excludes halogenated alkanes) is 1. The average molecular weight is 985 g/mol. The quantitative estimate of drug-likeness (QED) is 0.0638. The van der Waals surface area contributed by atoms with Crippen LogP contribution in [0.5, 0.6) is 0 Å². The number of fused-ring (bicyclic) bond motifs is 3. The summed E-state index contributed by atoms with van der Waals surface area (Å²) >= 11 is 9.48. The number of rotatable bonds is 18. The van der Waals surface area contributed by atoms with Gasteiger partial charge in [-0.25, -0.2) is 4.98 Å². The van der Waals surface area contributed by atoms with Crippen molar-refractivity contribution in [1.82, 2.24) is 40.6 Å². The van der Waals surface area contributed by atoms with Gasteiger partial charge in [0.2, 0.25) is 23.6 Å². The number of amides is 4. The number of aliphatic hydroxyl groups is 1. The number of hydrogen-bond donors (Lipinski definition) is 4.